The van der Waals surface area contributed by atoms with E-state index in [0.717, 1.165) is 25.8 Å². The van der Waals surface area contributed by atoms with E-state index in [1.807, 2.05) is 4.90 Å². The summed E-state index contributed by atoms with van der Waals surface area (Å²) in [7, 11) is 0. The van der Waals surface area contributed by atoms with E-state index in [9.17, 15) is 10.2 Å². The van der Waals surface area contributed by atoms with Crippen LogP contribution < -0.4 is 4.90 Å². The van der Waals surface area contributed by atoms with Gasteiger partial charge in [0.15, 0.2) is 0 Å². The van der Waals surface area contributed by atoms with Crippen LogP contribution in [0.5, 0.6) is 0 Å². The van der Waals surface area contributed by atoms with Crippen molar-refractivity contribution < 1.29 is 14.6 Å². The molecule has 102 valence electrons. The first-order valence-corrected chi connectivity index (χ1v) is 6.57. The monoisotopic (exact) mass is 255 g/mol. The quantitative estimate of drug-likeness (QED) is 0.825. The molecule has 2 heterocycles. The third-order valence-electron chi connectivity index (χ3n) is 3.40. The van der Waals surface area contributed by atoms with Crippen molar-refractivity contribution in [3.05, 3.63) is 5.89 Å². The van der Waals surface area contributed by atoms with Gasteiger partial charge in [-0.15, -0.1) is 5.10 Å². The molecular formula is C12H21N3O3. The van der Waals surface area contributed by atoms with Crippen LogP contribution in [0.1, 0.15) is 38.5 Å². The number of aliphatic hydroxyl groups excluding tert-OH is 1. The highest BCUT2D eigenvalue weighted by molar-refractivity contribution is 5.24. The lowest BCUT2D eigenvalue weighted by molar-refractivity contribution is -0.0232. The summed E-state index contributed by atoms with van der Waals surface area (Å²) in [5.41, 5.74) is -0.957. The molecule has 1 saturated heterocycles. The molecule has 6 nitrogen and oxygen atoms in total. The number of nitrogens with zero attached hydrogens (tertiary/aromatic N) is 3. The molecule has 1 aliphatic heterocycles. The number of aryl methyl sites for hydroxylation is 1. The molecule has 0 aromatic carbocycles. The van der Waals surface area contributed by atoms with E-state index >= 15 is 0 Å². The van der Waals surface area contributed by atoms with Gasteiger partial charge in [-0.05, 0) is 25.7 Å². The van der Waals surface area contributed by atoms with Crippen molar-refractivity contribution in [2.45, 2.75) is 44.6 Å². The molecular weight excluding hydrogens is 234 g/mol. The number of hydrogen-bond acceptors (Lipinski definition) is 6. The largest absolute Gasteiger partial charge is 0.408 e. The zero-order valence-corrected chi connectivity index (χ0v) is 10.8. The van der Waals surface area contributed by atoms with E-state index in [1.165, 1.54) is 0 Å². The fourth-order valence-corrected chi connectivity index (χ4v) is 2.22. The first-order valence-electron chi connectivity index (χ1n) is 6.57. The Morgan fingerprint density at radius 1 is 1.33 bits per heavy atom. The Morgan fingerprint density at radius 3 is 2.89 bits per heavy atom. The van der Waals surface area contributed by atoms with E-state index in [-0.39, 0.29) is 6.61 Å². The highest BCUT2D eigenvalue weighted by Gasteiger charge is 2.30. The van der Waals surface area contributed by atoms with Gasteiger partial charge in [0.1, 0.15) is 0 Å². The number of anilines is 1. The average molecular weight is 255 g/mol. The van der Waals surface area contributed by atoms with E-state index in [2.05, 4.69) is 17.1 Å². The van der Waals surface area contributed by atoms with Gasteiger partial charge in [-0.2, -0.15) is 0 Å². The molecule has 0 amide bonds. The van der Waals surface area contributed by atoms with Crippen molar-refractivity contribution in [3.8, 4) is 0 Å². The fraction of sp³-hybridized carbons (Fsp3) is 0.833. The maximum atomic E-state index is 10.1. The SMILES string of the molecule is CCCc1nnc(N2CCC[C@](O)(CO)CC2)o1. The van der Waals surface area contributed by atoms with Crippen molar-refractivity contribution in [3.63, 3.8) is 0 Å². The molecule has 0 saturated carbocycles. The smallest absolute Gasteiger partial charge is 0.318 e. The summed E-state index contributed by atoms with van der Waals surface area (Å²) in [4.78, 5) is 1.99. The van der Waals surface area contributed by atoms with Crippen LogP contribution in [-0.4, -0.2) is 45.7 Å². The standard InChI is InChI=1S/C12H21N3O3/c1-2-4-10-13-14-11(18-10)15-7-3-5-12(17,9-16)6-8-15/h16-17H,2-9H2,1H3/t12-/m1/s1. The highest BCUT2D eigenvalue weighted by Crippen LogP contribution is 2.24. The summed E-state index contributed by atoms with van der Waals surface area (Å²) < 4.78 is 5.58. The summed E-state index contributed by atoms with van der Waals surface area (Å²) in [5.74, 6) is 0.661. The summed E-state index contributed by atoms with van der Waals surface area (Å²) in [5, 5.41) is 27.3. The summed E-state index contributed by atoms with van der Waals surface area (Å²) >= 11 is 0. The zero-order chi connectivity index (χ0) is 13.0. The maximum Gasteiger partial charge on any atom is 0.318 e. The normalized spacial score (nSPS) is 25.2. The Kier molecular flexibility index (Phi) is 4.19. The lowest BCUT2D eigenvalue weighted by Gasteiger charge is -2.23. The van der Waals surface area contributed by atoms with E-state index in [1.54, 1.807) is 0 Å². The van der Waals surface area contributed by atoms with Crippen molar-refractivity contribution in [1.82, 2.24) is 10.2 Å². The van der Waals surface area contributed by atoms with Crippen molar-refractivity contribution in [2.24, 2.45) is 0 Å². The van der Waals surface area contributed by atoms with E-state index < -0.39 is 5.60 Å². The van der Waals surface area contributed by atoms with Crippen LogP contribution in [0.3, 0.4) is 0 Å². The lowest BCUT2D eigenvalue weighted by Crippen LogP contribution is -2.34. The molecule has 2 N–H and O–H groups in total. The third kappa shape index (κ3) is 3.00. The van der Waals surface area contributed by atoms with Crippen LogP contribution in [-0.2, 0) is 6.42 Å². The fourth-order valence-electron chi connectivity index (χ4n) is 2.22. The molecule has 1 aromatic rings. The zero-order valence-electron chi connectivity index (χ0n) is 10.8. The van der Waals surface area contributed by atoms with Crippen molar-refractivity contribution in [1.29, 1.82) is 0 Å². The Bertz CT molecular complexity index is 382. The van der Waals surface area contributed by atoms with E-state index in [0.29, 0.717) is 31.3 Å². The van der Waals surface area contributed by atoms with Gasteiger partial charge in [0, 0.05) is 19.5 Å². The predicted molar refractivity (Wildman–Crippen MR) is 66.4 cm³/mol. The predicted octanol–water partition coefficient (Wildman–Crippen LogP) is 0.736. The van der Waals surface area contributed by atoms with Crippen LogP contribution in [0.4, 0.5) is 6.01 Å². The summed E-state index contributed by atoms with van der Waals surface area (Å²) in [6.07, 6.45) is 3.71. The molecule has 0 spiro atoms. The van der Waals surface area contributed by atoms with Gasteiger partial charge in [0.2, 0.25) is 5.89 Å². The van der Waals surface area contributed by atoms with Gasteiger partial charge in [-0.3, -0.25) is 0 Å². The average Bonchev–Trinajstić information content (AvgIpc) is 2.73. The summed E-state index contributed by atoms with van der Waals surface area (Å²) in [6.45, 7) is 3.28. The molecule has 0 unspecified atom stereocenters. The van der Waals surface area contributed by atoms with Crippen LogP contribution in [0.15, 0.2) is 4.42 Å². The molecule has 0 radical (unpaired) electrons. The number of aromatic nitrogens is 2. The molecule has 18 heavy (non-hydrogen) atoms. The first kappa shape index (κ1) is 13.3. The number of aliphatic hydroxyl groups is 2. The Hall–Kier alpha value is -1.14. The molecule has 0 bridgehead atoms. The minimum absolute atomic E-state index is 0.189. The first-order chi connectivity index (χ1) is 8.67. The van der Waals surface area contributed by atoms with Gasteiger partial charge < -0.3 is 19.5 Å². The van der Waals surface area contributed by atoms with Gasteiger partial charge in [0.25, 0.3) is 0 Å². The minimum atomic E-state index is -0.957. The van der Waals surface area contributed by atoms with Gasteiger partial charge >= 0.3 is 6.01 Å². The molecule has 1 atom stereocenters. The Morgan fingerprint density at radius 2 is 2.17 bits per heavy atom. The summed E-state index contributed by atoms with van der Waals surface area (Å²) in [6, 6.07) is 0.528. The maximum absolute atomic E-state index is 10.1. The van der Waals surface area contributed by atoms with Crippen LogP contribution in [0.2, 0.25) is 0 Å². The minimum Gasteiger partial charge on any atom is -0.408 e. The number of rotatable bonds is 4. The topological polar surface area (TPSA) is 82.6 Å². The molecule has 1 fully saturated rings. The second kappa shape index (κ2) is 5.67. The van der Waals surface area contributed by atoms with Gasteiger partial charge in [-0.1, -0.05) is 12.0 Å². The molecule has 0 aliphatic carbocycles. The second-order valence-corrected chi connectivity index (χ2v) is 4.95. The Labute approximate surface area is 107 Å². The molecule has 6 heteroatoms. The molecule has 1 aromatic heterocycles. The lowest BCUT2D eigenvalue weighted by atomic mass is 9.96. The van der Waals surface area contributed by atoms with Crippen LogP contribution >= 0.6 is 0 Å². The Balaban J connectivity index is 2.00. The van der Waals surface area contributed by atoms with Gasteiger partial charge in [-0.25, -0.2) is 0 Å². The molecule has 2 rings (SSSR count). The van der Waals surface area contributed by atoms with Crippen LogP contribution in [0.25, 0.3) is 0 Å². The molecule has 1 aliphatic rings. The highest BCUT2D eigenvalue weighted by atomic mass is 16.4. The van der Waals surface area contributed by atoms with Gasteiger partial charge in [0.05, 0.1) is 12.2 Å². The second-order valence-electron chi connectivity index (χ2n) is 4.95. The van der Waals surface area contributed by atoms with Crippen molar-refractivity contribution in [2.75, 3.05) is 24.6 Å². The van der Waals surface area contributed by atoms with Crippen LogP contribution in [0, 0.1) is 0 Å². The number of hydrogen-bond donors (Lipinski definition) is 2. The van der Waals surface area contributed by atoms with E-state index in [4.69, 9.17) is 4.42 Å². The van der Waals surface area contributed by atoms with Crippen molar-refractivity contribution >= 4 is 6.01 Å². The third-order valence-corrected chi connectivity index (χ3v) is 3.40.